The second kappa shape index (κ2) is 4.70. The first-order valence-electron chi connectivity index (χ1n) is 4.42. The molecule has 0 N–H and O–H groups in total. The molecule has 1 aromatic rings. The van der Waals surface area contributed by atoms with Gasteiger partial charge in [-0.05, 0) is 31.9 Å². The molecule has 0 aromatic carbocycles. The maximum absolute atomic E-state index is 11.0. The van der Waals surface area contributed by atoms with E-state index < -0.39 is 0 Å². The highest BCUT2D eigenvalue weighted by Crippen LogP contribution is 2.11. The molecule has 1 aromatic heterocycles. The van der Waals surface area contributed by atoms with Crippen molar-refractivity contribution in [1.29, 1.82) is 0 Å². The molecule has 0 fully saturated rings. The average Bonchev–Trinajstić information content (AvgIpc) is 2.48. The molecule has 0 saturated heterocycles. The van der Waals surface area contributed by atoms with Crippen molar-refractivity contribution >= 4 is 5.97 Å². The molecule has 13 heavy (non-hydrogen) atoms. The second-order valence-electron chi connectivity index (χ2n) is 2.81. The summed E-state index contributed by atoms with van der Waals surface area (Å²) in [6.45, 7) is 4.14. The van der Waals surface area contributed by atoms with Gasteiger partial charge in [-0.25, -0.2) is 0 Å². The van der Waals surface area contributed by atoms with Crippen LogP contribution in [0.15, 0.2) is 16.7 Å². The molecule has 0 saturated carbocycles. The molecule has 1 rings (SSSR count). The van der Waals surface area contributed by atoms with Crippen molar-refractivity contribution in [3.8, 4) is 0 Å². The van der Waals surface area contributed by atoms with Gasteiger partial charge < -0.3 is 9.15 Å². The second-order valence-corrected chi connectivity index (χ2v) is 2.81. The Morgan fingerprint density at radius 1 is 1.62 bits per heavy atom. The maximum atomic E-state index is 11.0. The lowest BCUT2D eigenvalue weighted by molar-refractivity contribution is -0.143. The Morgan fingerprint density at radius 2 is 2.38 bits per heavy atom. The van der Waals surface area contributed by atoms with Crippen LogP contribution in [0, 0.1) is 6.92 Å². The summed E-state index contributed by atoms with van der Waals surface area (Å²) >= 11 is 0. The third kappa shape index (κ3) is 2.93. The predicted octanol–water partition coefficient (Wildman–Crippen LogP) is 2.08. The zero-order valence-corrected chi connectivity index (χ0v) is 8.00. The number of carbonyl (C=O) groups excluding carboxylic acids is 1. The van der Waals surface area contributed by atoms with Crippen molar-refractivity contribution in [2.45, 2.75) is 26.7 Å². The summed E-state index contributed by atoms with van der Waals surface area (Å²) in [5.41, 5.74) is 1.08. The zero-order chi connectivity index (χ0) is 9.68. The Morgan fingerprint density at radius 3 is 2.92 bits per heavy atom. The summed E-state index contributed by atoms with van der Waals surface area (Å²) in [6.07, 6.45) is 2.76. The van der Waals surface area contributed by atoms with Crippen molar-refractivity contribution in [3.63, 3.8) is 0 Å². The molecule has 0 bridgehead atoms. The van der Waals surface area contributed by atoms with Crippen LogP contribution in [0.4, 0.5) is 0 Å². The first-order chi connectivity index (χ1) is 6.24. The summed E-state index contributed by atoms with van der Waals surface area (Å²) < 4.78 is 9.92. The van der Waals surface area contributed by atoms with Gasteiger partial charge in [-0.1, -0.05) is 0 Å². The van der Waals surface area contributed by atoms with Gasteiger partial charge in [0.25, 0.3) is 0 Å². The number of rotatable bonds is 4. The summed E-state index contributed by atoms with van der Waals surface area (Å²) in [5, 5.41) is 0. The van der Waals surface area contributed by atoms with Crippen LogP contribution >= 0.6 is 0 Å². The van der Waals surface area contributed by atoms with Crippen molar-refractivity contribution in [2.24, 2.45) is 0 Å². The predicted molar refractivity (Wildman–Crippen MR) is 48.4 cm³/mol. The Balaban J connectivity index is 2.35. The fourth-order valence-electron chi connectivity index (χ4n) is 1.14. The van der Waals surface area contributed by atoms with E-state index in [1.807, 2.05) is 13.0 Å². The molecule has 1 heterocycles. The van der Waals surface area contributed by atoms with Gasteiger partial charge in [-0.15, -0.1) is 0 Å². The number of ether oxygens (including phenoxy) is 1. The van der Waals surface area contributed by atoms with Gasteiger partial charge in [0, 0.05) is 6.42 Å². The van der Waals surface area contributed by atoms with Crippen molar-refractivity contribution < 1.29 is 13.9 Å². The fourth-order valence-corrected chi connectivity index (χ4v) is 1.14. The van der Waals surface area contributed by atoms with E-state index in [4.69, 9.17) is 9.15 Å². The van der Waals surface area contributed by atoms with Gasteiger partial charge in [0.2, 0.25) is 0 Å². The first kappa shape index (κ1) is 9.84. The van der Waals surface area contributed by atoms with Crippen LogP contribution in [-0.4, -0.2) is 12.6 Å². The van der Waals surface area contributed by atoms with Crippen LogP contribution in [0.3, 0.4) is 0 Å². The lowest BCUT2D eigenvalue weighted by atomic mass is 10.1. The highest BCUT2D eigenvalue weighted by molar-refractivity contribution is 5.69. The molecule has 0 aliphatic rings. The molecular weight excluding hydrogens is 168 g/mol. The molecule has 0 spiro atoms. The molecule has 0 amide bonds. The third-order valence-corrected chi connectivity index (χ3v) is 1.87. The molecule has 0 unspecified atom stereocenters. The van der Waals surface area contributed by atoms with Crippen LogP contribution in [-0.2, 0) is 16.0 Å². The van der Waals surface area contributed by atoms with Crippen LogP contribution in [0.5, 0.6) is 0 Å². The summed E-state index contributed by atoms with van der Waals surface area (Å²) in [4.78, 5) is 11.0. The molecule has 0 aliphatic heterocycles. The minimum atomic E-state index is -0.150. The topological polar surface area (TPSA) is 39.4 Å². The number of aryl methyl sites for hydroxylation is 2. The van der Waals surface area contributed by atoms with E-state index in [-0.39, 0.29) is 5.97 Å². The molecule has 3 heteroatoms. The number of hydrogen-bond donors (Lipinski definition) is 0. The van der Waals surface area contributed by atoms with Gasteiger partial charge in [0.15, 0.2) is 0 Å². The van der Waals surface area contributed by atoms with E-state index in [1.165, 1.54) is 0 Å². The van der Waals surface area contributed by atoms with E-state index in [0.717, 1.165) is 11.3 Å². The van der Waals surface area contributed by atoms with Crippen molar-refractivity contribution in [1.82, 2.24) is 0 Å². The van der Waals surface area contributed by atoms with Crippen molar-refractivity contribution in [3.05, 3.63) is 23.7 Å². The zero-order valence-electron chi connectivity index (χ0n) is 8.00. The first-order valence-corrected chi connectivity index (χ1v) is 4.42. The molecule has 72 valence electrons. The van der Waals surface area contributed by atoms with E-state index in [2.05, 4.69) is 0 Å². The van der Waals surface area contributed by atoms with Gasteiger partial charge >= 0.3 is 5.97 Å². The standard InChI is InChI=1S/C10H14O3/c1-3-12-10(11)5-4-9-6-7-13-8(9)2/h6-7H,3-5H2,1-2H3. The highest BCUT2D eigenvalue weighted by atomic mass is 16.5. The Bertz CT molecular complexity index is 275. The van der Waals surface area contributed by atoms with E-state index >= 15 is 0 Å². The number of carbonyl (C=O) groups is 1. The van der Waals surface area contributed by atoms with Crippen LogP contribution in [0.25, 0.3) is 0 Å². The highest BCUT2D eigenvalue weighted by Gasteiger charge is 2.05. The fraction of sp³-hybridized carbons (Fsp3) is 0.500. The molecule has 0 atom stereocenters. The van der Waals surface area contributed by atoms with Crippen LogP contribution in [0.2, 0.25) is 0 Å². The van der Waals surface area contributed by atoms with Gasteiger partial charge in [-0.3, -0.25) is 4.79 Å². The maximum Gasteiger partial charge on any atom is 0.306 e. The Labute approximate surface area is 77.7 Å². The number of esters is 1. The minimum absolute atomic E-state index is 0.150. The summed E-state index contributed by atoms with van der Waals surface area (Å²) in [7, 11) is 0. The van der Waals surface area contributed by atoms with E-state index in [1.54, 1.807) is 13.2 Å². The van der Waals surface area contributed by atoms with E-state index in [0.29, 0.717) is 19.4 Å². The van der Waals surface area contributed by atoms with Gasteiger partial charge in [0.1, 0.15) is 5.76 Å². The molecule has 0 aliphatic carbocycles. The average molecular weight is 182 g/mol. The van der Waals surface area contributed by atoms with Gasteiger partial charge in [0.05, 0.1) is 12.9 Å². The quantitative estimate of drug-likeness (QED) is 0.669. The molecular formula is C10H14O3. The normalized spacial score (nSPS) is 10.0. The van der Waals surface area contributed by atoms with Crippen molar-refractivity contribution in [2.75, 3.05) is 6.61 Å². The Hall–Kier alpha value is -1.25. The minimum Gasteiger partial charge on any atom is -0.469 e. The lowest BCUT2D eigenvalue weighted by Gasteiger charge is -2.00. The summed E-state index contributed by atoms with van der Waals surface area (Å²) in [6, 6.07) is 1.88. The number of furan rings is 1. The smallest absolute Gasteiger partial charge is 0.306 e. The number of hydrogen-bond acceptors (Lipinski definition) is 3. The third-order valence-electron chi connectivity index (χ3n) is 1.87. The van der Waals surface area contributed by atoms with Gasteiger partial charge in [-0.2, -0.15) is 0 Å². The monoisotopic (exact) mass is 182 g/mol. The molecule has 3 nitrogen and oxygen atoms in total. The Kier molecular flexibility index (Phi) is 3.55. The largest absolute Gasteiger partial charge is 0.469 e. The van der Waals surface area contributed by atoms with Crippen LogP contribution in [0.1, 0.15) is 24.7 Å². The molecule has 0 radical (unpaired) electrons. The SMILES string of the molecule is CCOC(=O)CCc1ccoc1C. The lowest BCUT2D eigenvalue weighted by Crippen LogP contribution is -2.05. The van der Waals surface area contributed by atoms with Crippen LogP contribution < -0.4 is 0 Å². The van der Waals surface area contributed by atoms with E-state index in [9.17, 15) is 4.79 Å². The summed E-state index contributed by atoms with van der Waals surface area (Å²) in [5.74, 6) is 0.729.